The molecule has 0 bridgehead atoms. The third-order valence-corrected chi connectivity index (χ3v) is 21.0. The monoisotopic (exact) mass is 1370 g/mol. The maximum atomic E-state index is 14.7. The Morgan fingerprint density at radius 1 is 0.442 bits per heavy atom. The largest absolute Gasteiger partial charge is 0.462 e. The van der Waals surface area contributed by atoms with Gasteiger partial charge in [-0.3, -0.25) is 9.59 Å². The van der Waals surface area contributed by atoms with Crippen LogP contribution in [0.2, 0.25) is 0 Å². The standard InChI is InChI=1S/C66H118O29/c1-61(2)55-8-11-66(7)59(64(55,5)10-9-56(61)81)52(78)16-50-51-17-63(4,13-12-62(51,3)14-15-65(50,66)6)60(84)95-39-54(80)58(83)57(82)53(79)38-94-37-49(77)36-93-35-48(76)34-92-33-47(75)32-91-31-46(74)30-90-29-45(73)28-89-27-44(72)26-88-25-43(71)24-87-23-42(70)22-86-21-41(69)20-85-19-40(68)18-67/h16,40-49,51,53-59,67-77,79-83H,8-15,17-39H2,1-7H3/t40?,41?,42?,43?,44?,45?,46?,47?,48?,49?,51-,53?,54?,55-,56-,57?,58?,59+,62+,63-,64-,65+,66+/m0/s1. The molecule has 0 saturated heterocycles. The normalized spacial score (nSPS) is 31.9. The van der Waals surface area contributed by atoms with E-state index in [1.54, 1.807) is 0 Å². The number of allylic oxidation sites excluding steroid dienone is 2. The first-order valence-corrected chi connectivity index (χ1v) is 33.7. The van der Waals surface area contributed by atoms with Gasteiger partial charge >= 0.3 is 5.97 Å². The highest BCUT2D eigenvalue weighted by atomic mass is 16.6. The van der Waals surface area contributed by atoms with Gasteiger partial charge in [0, 0.05) is 5.92 Å². The SMILES string of the molecule is CC1(C)[C@@H](O)CC[C@]2(C)[C@H]3C(=O)C=C4[C@@H]5C[C@@](C)(C(=O)OCC(O)C(O)C(O)C(O)COCC(O)COCC(O)COCC(O)COCC(O)COCC(O)COCC(O)COCC(O)COCC(O)COCC(O)COCC(O)CO)CC[C@]5(C)CC[C@@]4(C)[C@]3(C)CC[C@@H]12. The zero-order valence-electron chi connectivity index (χ0n) is 56.9. The van der Waals surface area contributed by atoms with Gasteiger partial charge in [-0.1, -0.05) is 47.1 Å². The summed E-state index contributed by atoms with van der Waals surface area (Å²) in [5, 5.41) is 163. The van der Waals surface area contributed by atoms with Gasteiger partial charge in [-0.25, -0.2) is 0 Å². The summed E-state index contributed by atoms with van der Waals surface area (Å²) < 4.78 is 58.1. The Morgan fingerprint density at radius 2 is 0.779 bits per heavy atom. The number of ether oxygens (including phenoxy) is 11. The molecule has 0 heterocycles. The minimum absolute atomic E-state index is 0.0737. The summed E-state index contributed by atoms with van der Waals surface area (Å²) >= 11 is 0. The van der Waals surface area contributed by atoms with Crippen molar-refractivity contribution in [3.05, 3.63) is 11.6 Å². The Labute approximate surface area is 558 Å². The number of carbonyl (C=O) groups excluding carboxylic acids is 2. The third-order valence-electron chi connectivity index (χ3n) is 21.0. The number of hydrogen-bond acceptors (Lipinski definition) is 29. The van der Waals surface area contributed by atoms with Crippen molar-refractivity contribution in [2.24, 2.45) is 50.2 Å². The molecule has 95 heavy (non-hydrogen) atoms. The summed E-state index contributed by atoms with van der Waals surface area (Å²) in [6, 6.07) is 0. The van der Waals surface area contributed by atoms with Gasteiger partial charge in [0.2, 0.25) is 0 Å². The topological polar surface area (TPSA) is 459 Å². The van der Waals surface area contributed by atoms with Gasteiger partial charge in [0.25, 0.3) is 0 Å². The summed E-state index contributed by atoms with van der Waals surface area (Å²) in [6.45, 7) is 9.43. The number of aliphatic hydroxyl groups is 16. The molecule has 0 aliphatic heterocycles. The van der Waals surface area contributed by atoms with E-state index in [0.717, 1.165) is 44.1 Å². The fourth-order valence-electron chi connectivity index (χ4n) is 15.2. The van der Waals surface area contributed by atoms with Crippen molar-refractivity contribution < 1.29 is 143 Å². The molecule has 16 N–H and O–H groups in total. The molecule has 4 saturated carbocycles. The molecule has 0 amide bonds. The molecule has 0 spiro atoms. The summed E-state index contributed by atoms with van der Waals surface area (Å²) in [5.41, 5.74) is -1.18. The molecule has 14 unspecified atom stereocenters. The Morgan fingerprint density at radius 3 is 1.15 bits per heavy atom. The van der Waals surface area contributed by atoms with E-state index in [0.29, 0.717) is 19.3 Å². The summed E-state index contributed by atoms with van der Waals surface area (Å²) in [5.74, 6) is -0.475. The second-order valence-corrected chi connectivity index (χ2v) is 29.4. The Bertz CT molecular complexity index is 2270. The number of rotatable bonds is 47. The van der Waals surface area contributed by atoms with Gasteiger partial charge in [0.05, 0.1) is 150 Å². The second kappa shape index (κ2) is 38.8. The molecule has 5 rings (SSSR count). The molecule has 0 aromatic heterocycles. The molecular formula is C66H118O29. The van der Waals surface area contributed by atoms with Gasteiger partial charge in [-0.15, -0.1) is 0 Å². The lowest BCUT2D eigenvalue weighted by atomic mass is 9.33. The van der Waals surface area contributed by atoms with Crippen LogP contribution in [0.5, 0.6) is 0 Å². The van der Waals surface area contributed by atoms with Crippen molar-refractivity contribution in [2.45, 2.75) is 198 Å². The van der Waals surface area contributed by atoms with Crippen molar-refractivity contribution in [1.29, 1.82) is 0 Å². The first-order valence-electron chi connectivity index (χ1n) is 33.7. The zero-order valence-corrected chi connectivity index (χ0v) is 56.9. The summed E-state index contributed by atoms with van der Waals surface area (Å²) in [7, 11) is 0. The predicted octanol–water partition coefficient (Wildman–Crippen LogP) is -2.92. The quantitative estimate of drug-likeness (QED) is 0.0272. The highest BCUT2D eigenvalue weighted by Crippen LogP contribution is 2.75. The molecular weight excluding hydrogens is 1260 g/mol. The smallest absolute Gasteiger partial charge is 0.311 e. The molecule has 5 aliphatic carbocycles. The van der Waals surface area contributed by atoms with Crippen LogP contribution in [0.15, 0.2) is 11.6 Å². The number of esters is 1. The molecule has 4 fully saturated rings. The molecule has 0 aromatic rings. The minimum atomic E-state index is -1.94. The molecule has 0 radical (unpaired) electrons. The van der Waals surface area contributed by atoms with E-state index in [4.69, 9.17) is 57.2 Å². The molecule has 0 aromatic carbocycles. The van der Waals surface area contributed by atoms with Crippen LogP contribution in [0.3, 0.4) is 0 Å². The van der Waals surface area contributed by atoms with Gasteiger partial charge in [0.15, 0.2) is 5.78 Å². The van der Waals surface area contributed by atoms with Crippen LogP contribution in [0.25, 0.3) is 0 Å². The lowest BCUT2D eigenvalue weighted by molar-refractivity contribution is -0.202. The number of carbonyl (C=O) groups is 2. The van der Waals surface area contributed by atoms with Crippen molar-refractivity contribution in [1.82, 2.24) is 0 Å². The van der Waals surface area contributed by atoms with Crippen LogP contribution in [-0.4, -0.2) is 330 Å². The fourth-order valence-corrected chi connectivity index (χ4v) is 15.2. The van der Waals surface area contributed by atoms with E-state index < -0.39 is 123 Å². The van der Waals surface area contributed by atoms with Crippen molar-refractivity contribution in [3.8, 4) is 0 Å². The molecule has 5 aliphatic rings. The van der Waals surface area contributed by atoms with Crippen molar-refractivity contribution >= 4 is 11.8 Å². The molecule has 29 heteroatoms. The Hall–Kier alpha value is -2.16. The molecule has 23 atom stereocenters. The van der Waals surface area contributed by atoms with Crippen LogP contribution in [0.1, 0.15) is 106 Å². The van der Waals surface area contributed by atoms with E-state index in [9.17, 15) is 86.2 Å². The van der Waals surface area contributed by atoms with Gasteiger partial charge in [-0.05, 0) is 110 Å². The van der Waals surface area contributed by atoms with Crippen LogP contribution < -0.4 is 0 Å². The van der Waals surface area contributed by atoms with E-state index in [-0.39, 0.29) is 176 Å². The number of hydrogen-bond donors (Lipinski definition) is 16. The summed E-state index contributed by atoms with van der Waals surface area (Å²) in [4.78, 5) is 28.7. The average Bonchev–Trinajstić information content (AvgIpc) is 0.675. The average molecular weight is 1380 g/mol. The maximum absolute atomic E-state index is 14.7. The van der Waals surface area contributed by atoms with Crippen molar-refractivity contribution in [3.63, 3.8) is 0 Å². The van der Waals surface area contributed by atoms with E-state index in [1.165, 1.54) is 0 Å². The highest BCUT2D eigenvalue weighted by Gasteiger charge is 2.70. The van der Waals surface area contributed by atoms with Gasteiger partial charge < -0.3 is 134 Å². The minimum Gasteiger partial charge on any atom is -0.462 e. The lowest BCUT2D eigenvalue weighted by Gasteiger charge is -2.70. The number of fused-ring (bicyclic) bond motifs is 7. The lowest BCUT2D eigenvalue weighted by Crippen LogP contribution is -2.66. The van der Waals surface area contributed by atoms with Crippen LogP contribution >= 0.6 is 0 Å². The van der Waals surface area contributed by atoms with Crippen LogP contribution in [-0.2, 0) is 61.7 Å². The second-order valence-electron chi connectivity index (χ2n) is 29.4. The van der Waals surface area contributed by atoms with Gasteiger partial charge in [-0.2, -0.15) is 0 Å². The first kappa shape index (κ1) is 83.5. The Kier molecular flexibility index (Phi) is 34.1. The van der Waals surface area contributed by atoms with E-state index in [1.807, 2.05) is 13.0 Å². The number of ketones is 1. The maximum Gasteiger partial charge on any atom is 0.311 e. The fraction of sp³-hybridized carbons (Fsp3) is 0.939. The van der Waals surface area contributed by atoms with E-state index in [2.05, 4.69) is 41.5 Å². The van der Waals surface area contributed by atoms with E-state index >= 15 is 0 Å². The molecule has 29 nitrogen and oxygen atoms in total. The highest BCUT2D eigenvalue weighted by molar-refractivity contribution is 5.95. The molecule has 556 valence electrons. The predicted molar refractivity (Wildman–Crippen MR) is 336 cm³/mol. The summed E-state index contributed by atoms with van der Waals surface area (Å²) in [6.07, 6.45) is -10.1. The van der Waals surface area contributed by atoms with Crippen LogP contribution in [0, 0.1) is 50.2 Å². The number of aliphatic hydroxyl groups excluding tert-OH is 16. The van der Waals surface area contributed by atoms with Crippen molar-refractivity contribution in [2.75, 3.05) is 145 Å². The van der Waals surface area contributed by atoms with Gasteiger partial charge in [0.1, 0.15) is 92.1 Å². The zero-order chi connectivity index (χ0) is 70.5. The van der Waals surface area contributed by atoms with Crippen LogP contribution in [0.4, 0.5) is 0 Å². The first-order chi connectivity index (χ1) is 44.7. The Balaban J connectivity index is 0.852. The third kappa shape index (κ3) is 23.7.